The molecule has 0 radical (unpaired) electrons. The van der Waals surface area contributed by atoms with Gasteiger partial charge in [0.15, 0.2) is 11.9 Å². The molecule has 228 valence electrons. The first-order chi connectivity index (χ1) is 20.9. The summed E-state index contributed by atoms with van der Waals surface area (Å²) in [5, 5.41) is 17.9. The Morgan fingerprint density at radius 2 is 1.75 bits per heavy atom. The first-order valence-corrected chi connectivity index (χ1v) is 16.4. The maximum Gasteiger partial charge on any atom is 0.337 e. The van der Waals surface area contributed by atoms with Gasteiger partial charge >= 0.3 is 5.97 Å². The minimum Gasteiger partial charge on any atom is -0.479 e. The van der Waals surface area contributed by atoms with Crippen LogP contribution >= 0.6 is 22.9 Å². The molecule has 3 heterocycles. The number of thiazole rings is 1. The van der Waals surface area contributed by atoms with Crippen LogP contribution < -0.4 is 4.90 Å². The van der Waals surface area contributed by atoms with Gasteiger partial charge in [-0.3, -0.25) is 4.68 Å². The van der Waals surface area contributed by atoms with Crippen molar-refractivity contribution in [3.8, 4) is 21.7 Å². The van der Waals surface area contributed by atoms with Crippen LogP contribution in [0.25, 0.3) is 42.8 Å². The van der Waals surface area contributed by atoms with Crippen LogP contribution in [0.3, 0.4) is 0 Å². The molecular weight excluding hydrogens is 592 g/mol. The number of carboxylic acids is 1. The van der Waals surface area contributed by atoms with Crippen molar-refractivity contribution in [2.24, 2.45) is 12.5 Å². The molecular formula is C35H37ClN4O3S. The molecule has 3 aromatic carbocycles. The van der Waals surface area contributed by atoms with Crippen LogP contribution in [0.4, 0.5) is 5.82 Å². The van der Waals surface area contributed by atoms with Gasteiger partial charge in [-0.2, -0.15) is 5.10 Å². The third-order valence-corrected chi connectivity index (χ3v) is 10.5. The van der Waals surface area contributed by atoms with E-state index in [0.717, 1.165) is 67.3 Å². The zero-order valence-electron chi connectivity index (χ0n) is 25.8. The van der Waals surface area contributed by atoms with Gasteiger partial charge in [-0.05, 0) is 88.1 Å². The monoisotopic (exact) mass is 628 g/mol. The number of benzene rings is 3. The molecule has 1 saturated carbocycles. The minimum atomic E-state index is -1.15. The summed E-state index contributed by atoms with van der Waals surface area (Å²) in [6.07, 6.45) is 4.18. The Balaban J connectivity index is 1.37. The molecule has 1 aliphatic heterocycles. The molecule has 1 spiro atoms. The summed E-state index contributed by atoms with van der Waals surface area (Å²) in [5.74, 6) is 0.0221. The summed E-state index contributed by atoms with van der Waals surface area (Å²) in [6, 6.07) is 16.0. The molecule has 44 heavy (non-hydrogen) atoms. The number of halogens is 1. The largest absolute Gasteiger partial charge is 0.479 e. The summed E-state index contributed by atoms with van der Waals surface area (Å²) in [4.78, 5) is 20.2. The number of aryl methyl sites for hydroxylation is 2. The normalized spacial score (nSPS) is 17.1. The standard InChI is InChI=1S/C35H37ClN4O3S/c1-20-16-25-30(28(21-8-11-23(36)12-9-21)27(20)29(33(41)42)43-34(2,3)4)44-32(37-25)22-10-13-26-24(17-22)31(38-39(26)5)40-18-35(19-40)14-6-7-15-35/h8-13,16-17,29H,6-7,14-15,18-19H2,1-5H3,(H,41,42)/t29-/m0/s1. The predicted molar refractivity (Wildman–Crippen MR) is 179 cm³/mol. The van der Waals surface area contributed by atoms with Gasteiger partial charge in [0.1, 0.15) is 5.01 Å². The number of nitrogens with zero attached hydrogens (tertiary/aromatic N) is 4. The second-order valence-corrected chi connectivity index (χ2v) is 15.0. The van der Waals surface area contributed by atoms with E-state index in [1.165, 1.54) is 25.7 Å². The average molecular weight is 629 g/mol. The van der Waals surface area contributed by atoms with Crippen LogP contribution in [-0.2, 0) is 16.6 Å². The third kappa shape index (κ3) is 5.07. The number of aromatic nitrogens is 3. The molecule has 0 unspecified atom stereocenters. The van der Waals surface area contributed by atoms with Crippen molar-refractivity contribution in [3.05, 3.63) is 64.7 Å². The number of carbonyl (C=O) groups is 1. The number of ether oxygens (including phenoxy) is 1. The lowest BCUT2D eigenvalue weighted by Crippen LogP contribution is -2.55. The van der Waals surface area contributed by atoms with E-state index < -0.39 is 17.7 Å². The van der Waals surface area contributed by atoms with Gasteiger partial charge in [-0.1, -0.05) is 36.6 Å². The van der Waals surface area contributed by atoms with Crippen LogP contribution in [-0.4, -0.2) is 44.5 Å². The zero-order chi connectivity index (χ0) is 31.0. The number of aliphatic carboxylic acids is 1. The smallest absolute Gasteiger partial charge is 0.337 e. The maximum atomic E-state index is 12.7. The summed E-state index contributed by atoms with van der Waals surface area (Å²) in [7, 11) is 2.01. The Kier molecular flexibility index (Phi) is 7.03. The Morgan fingerprint density at radius 3 is 2.41 bits per heavy atom. The maximum absolute atomic E-state index is 12.7. The first kappa shape index (κ1) is 29.3. The third-order valence-electron chi connectivity index (χ3n) is 9.11. The SMILES string of the molecule is Cc1cc2nc(-c3ccc4c(c3)c(N3CC5(CCCC5)C3)nn4C)sc2c(-c2ccc(Cl)cc2)c1[C@H](OC(C)(C)C)C(=O)O. The van der Waals surface area contributed by atoms with E-state index in [0.29, 0.717) is 16.0 Å². The lowest BCUT2D eigenvalue weighted by molar-refractivity contribution is -0.160. The van der Waals surface area contributed by atoms with Crippen molar-refractivity contribution in [2.45, 2.75) is 65.1 Å². The van der Waals surface area contributed by atoms with Crippen molar-refractivity contribution in [3.63, 3.8) is 0 Å². The molecule has 5 aromatic rings. The number of carboxylic acid groups (broad SMARTS) is 1. The van der Waals surface area contributed by atoms with Crippen LogP contribution in [0, 0.1) is 12.3 Å². The Hall–Kier alpha value is -3.46. The quantitative estimate of drug-likeness (QED) is 0.202. The van der Waals surface area contributed by atoms with Gasteiger partial charge in [0.05, 0.1) is 21.3 Å². The van der Waals surface area contributed by atoms with Crippen molar-refractivity contribution in [1.82, 2.24) is 14.8 Å². The van der Waals surface area contributed by atoms with Gasteiger partial charge in [0, 0.05) is 52.7 Å². The van der Waals surface area contributed by atoms with Gasteiger partial charge in [-0.25, -0.2) is 9.78 Å². The summed E-state index contributed by atoms with van der Waals surface area (Å²) < 4.78 is 9.07. The molecule has 2 fully saturated rings. The zero-order valence-corrected chi connectivity index (χ0v) is 27.3. The fourth-order valence-electron chi connectivity index (χ4n) is 7.13. The summed E-state index contributed by atoms with van der Waals surface area (Å²) in [5.41, 5.74) is 5.92. The molecule has 0 bridgehead atoms. The molecule has 1 saturated heterocycles. The first-order valence-electron chi connectivity index (χ1n) is 15.2. The van der Waals surface area contributed by atoms with E-state index in [-0.39, 0.29) is 0 Å². The highest BCUT2D eigenvalue weighted by Crippen LogP contribution is 2.49. The molecule has 1 aliphatic carbocycles. The lowest BCUT2D eigenvalue weighted by Gasteiger charge is -2.48. The topological polar surface area (TPSA) is 80.5 Å². The molecule has 0 amide bonds. The number of fused-ring (bicyclic) bond motifs is 2. The Labute approximate surface area is 266 Å². The molecule has 7 rings (SSSR count). The molecule has 2 aromatic heterocycles. The van der Waals surface area contributed by atoms with Gasteiger partial charge in [-0.15, -0.1) is 11.3 Å². The summed E-state index contributed by atoms with van der Waals surface area (Å²) in [6.45, 7) is 9.73. The van der Waals surface area contributed by atoms with Gasteiger partial charge in [0.25, 0.3) is 0 Å². The second kappa shape index (κ2) is 10.6. The number of hydrogen-bond donors (Lipinski definition) is 1. The van der Waals surface area contributed by atoms with E-state index in [1.807, 2.05) is 69.8 Å². The molecule has 9 heteroatoms. The molecule has 1 N–H and O–H groups in total. The van der Waals surface area contributed by atoms with Crippen molar-refractivity contribution < 1.29 is 14.6 Å². The van der Waals surface area contributed by atoms with Crippen molar-refractivity contribution in [2.75, 3.05) is 18.0 Å². The fraction of sp³-hybridized carbons (Fsp3) is 0.400. The average Bonchev–Trinajstić information content (AvgIpc) is 3.68. The minimum absolute atomic E-state index is 0.479. The van der Waals surface area contributed by atoms with Crippen LogP contribution in [0.1, 0.15) is 63.7 Å². The van der Waals surface area contributed by atoms with E-state index in [2.05, 4.69) is 23.1 Å². The number of anilines is 1. The van der Waals surface area contributed by atoms with Crippen LogP contribution in [0.5, 0.6) is 0 Å². The Morgan fingerprint density at radius 1 is 1.07 bits per heavy atom. The number of hydrogen-bond acceptors (Lipinski definition) is 6. The highest BCUT2D eigenvalue weighted by atomic mass is 35.5. The predicted octanol–water partition coefficient (Wildman–Crippen LogP) is 8.80. The fourth-order valence-corrected chi connectivity index (χ4v) is 8.38. The summed E-state index contributed by atoms with van der Waals surface area (Å²) >= 11 is 7.85. The highest BCUT2D eigenvalue weighted by Gasteiger charge is 2.46. The molecule has 2 aliphatic rings. The van der Waals surface area contributed by atoms with Crippen molar-refractivity contribution in [1.29, 1.82) is 0 Å². The second-order valence-electron chi connectivity index (χ2n) is 13.5. The van der Waals surface area contributed by atoms with Crippen molar-refractivity contribution >= 4 is 55.8 Å². The van der Waals surface area contributed by atoms with Crippen LogP contribution in [0.2, 0.25) is 5.02 Å². The lowest BCUT2D eigenvalue weighted by atomic mass is 9.78. The van der Waals surface area contributed by atoms with E-state index in [1.54, 1.807) is 11.3 Å². The molecule has 1 atom stereocenters. The van der Waals surface area contributed by atoms with E-state index in [9.17, 15) is 9.90 Å². The van der Waals surface area contributed by atoms with Gasteiger partial charge < -0.3 is 14.7 Å². The molecule has 7 nitrogen and oxygen atoms in total. The van der Waals surface area contributed by atoms with Crippen LogP contribution in [0.15, 0.2) is 48.5 Å². The van der Waals surface area contributed by atoms with E-state index in [4.69, 9.17) is 26.4 Å². The van der Waals surface area contributed by atoms with E-state index >= 15 is 0 Å². The highest BCUT2D eigenvalue weighted by molar-refractivity contribution is 7.22. The Bertz CT molecular complexity index is 1910. The number of rotatable bonds is 6. The van der Waals surface area contributed by atoms with Gasteiger partial charge in [0.2, 0.25) is 0 Å².